The molecule has 0 aromatic heterocycles. The summed E-state index contributed by atoms with van der Waals surface area (Å²) in [6.45, 7) is 3.63. The lowest BCUT2D eigenvalue weighted by Gasteiger charge is -2.23. The van der Waals surface area contributed by atoms with Gasteiger partial charge in [0.25, 0.3) is 0 Å². The number of carbonyl (C=O) groups is 2. The van der Waals surface area contributed by atoms with Gasteiger partial charge in [-0.2, -0.15) is 0 Å². The maximum absolute atomic E-state index is 10.4. The second-order valence-corrected chi connectivity index (χ2v) is 9.78. The lowest BCUT2D eigenvalue weighted by Crippen LogP contribution is -2.35. The quantitative estimate of drug-likeness (QED) is 0.236. The number of nitrogens with zero attached hydrogens (tertiary/aromatic N) is 1. The van der Waals surface area contributed by atoms with Gasteiger partial charge in [-0.05, 0) is 30.5 Å². The summed E-state index contributed by atoms with van der Waals surface area (Å²) in [4.78, 5) is 20.6. The molecule has 1 aromatic carbocycles. The molecule has 1 N–H and O–H groups in total. The van der Waals surface area contributed by atoms with Crippen LogP contribution in [0.2, 0.25) is 0 Å². The van der Waals surface area contributed by atoms with Gasteiger partial charge >= 0.3 is 5.97 Å². The number of carboxylic acids is 2. The topological polar surface area (TPSA) is 77.4 Å². The lowest BCUT2D eigenvalue weighted by molar-refractivity contribution is -0.870. The van der Waals surface area contributed by atoms with Crippen molar-refractivity contribution >= 4 is 11.9 Å². The van der Waals surface area contributed by atoms with E-state index in [2.05, 4.69) is 28.1 Å². The largest absolute Gasteiger partial charge is 0.545 e. The molecule has 0 amide bonds. The third kappa shape index (κ3) is 18.9. The van der Waals surface area contributed by atoms with E-state index in [4.69, 9.17) is 5.11 Å². The second-order valence-electron chi connectivity index (χ2n) is 9.78. The Hall–Kier alpha value is -1.88. The Labute approximate surface area is 196 Å². The second kappa shape index (κ2) is 18.7. The summed E-state index contributed by atoms with van der Waals surface area (Å²) in [6, 6.07) is 5.00. The van der Waals surface area contributed by atoms with Crippen LogP contribution in [0.15, 0.2) is 24.3 Å². The normalized spacial score (nSPS) is 11.0. The number of hydrogen-bond donors (Lipinski definition) is 1. The van der Waals surface area contributed by atoms with Gasteiger partial charge in [-0.1, -0.05) is 96.1 Å². The highest BCUT2D eigenvalue weighted by Crippen LogP contribution is 2.13. The third-order valence-corrected chi connectivity index (χ3v) is 5.53. The fourth-order valence-corrected chi connectivity index (χ4v) is 3.56. The molecule has 32 heavy (non-hydrogen) atoms. The van der Waals surface area contributed by atoms with Crippen LogP contribution < -0.4 is 5.11 Å². The number of carboxylic acid groups (broad SMARTS) is 2. The summed E-state index contributed by atoms with van der Waals surface area (Å²) in [5.74, 6) is -2.53. The molecule has 0 spiro atoms. The van der Waals surface area contributed by atoms with E-state index in [-0.39, 0.29) is 11.1 Å². The zero-order chi connectivity index (χ0) is 24.2. The minimum atomic E-state index is -1.38. The maximum atomic E-state index is 10.4. The Balaban J connectivity index is 0.000000677. The SMILES string of the molecule is CCCCCCCCCCCCCCCC[N+](C)(C)C.O=C([O-])c1cccc(C(=O)O)c1. The molecular weight excluding hydrogens is 402 g/mol. The molecular formula is C27H47NO4. The highest BCUT2D eigenvalue weighted by Gasteiger charge is 2.05. The third-order valence-electron chi connectivity index (χ3n) is 5.53. The first-order valence-electron chi connectivity index (χ1n) is 12.5. The smallest absolute Gasteiger partial charge is 0.335 e. The van der Waals surface area contributed by atoms with Crippen LogP contribution >= 0.6 is 0 Å². The zero-order valence-corrected chi connectivity index (χ0v) is 21.0. The van der Waals surface area contributed by atoms with Crippen LogP contribution in [0.5, 0.6) is 0 Å². The molecule has 0 bridgehead atoms. The summed E-state index contributed by atoms with van der Waals surface area (Å²) in [6.07, 6.45) is 20.4. The number of unbranched alkanes of at least 4 members (excludes halogenated alkanes) is 13. The fourth-order valence-electron chi connectivity index (χ4n) is 3.56. The van der Waals surface area contributed by atoms with Crippen molar-refractivity contribution in [2.45, 2.75) is 96.8 Å². The first kappa shape index (κ1) is 30.1. The molecule has 0 aliphatic carbocycles. The number of hydrogen-bond acceptors (Lipinski definition) is 3. The Bertz CT molecular complexity index is 593. The van der Waals surface area contributed by atoms with Crippen molar-refractivity contribution in [2.75, 3.05) is 27.7 Å². The number of carbonyl (C=O) groups excluding carboxylic acids is 1. The van der Waals surface area contributed by atoms with Gasteiger partial charge in [-0.25, -0.2) is 4.79 Å². The van der Waals surface area contributed by atoms with E-state index in [1.807, 2.05) is 0 Å². The van der Waals surface area contributed by atoms with Crippen LogP contribution in [0.25, 0.3) is 0 Å². The highest BCUT2D eigenvalue weighted by atomic mass is 16.4. The summed E-state index contributed by atoms with van der Waals surface area (Å²) >= 11 is 0. The van der Waals surface area contributed by atoms with Gasteiger partial charge in [0.2, 0.25) is 0 Å². The first-order chi connectivity index (χ1) is 15.2. The van der Waals surface area contributed by atoms with Gasteiger partial charge in [-0.3, -0.25) is 0 Å². The van der Waals surface area contributed by atoms with E-state index >= 15 is 0 Å². The average Bonchev–Trinajstić information content (AvgIpc) is 2.73. The van der Waals surface area contributed by atoms with Crippen molar-refractivity contribution in [3.63, 3.8) is 0 Å². The van der Waals surface area contributed by atoms with Gasteiger partial charge in [0, 0.05) is 0 Å². The summed E-state index contributed by atoms with van der Waals surface area (Å²) in [7, 11) is 6.88. The van der Waals surface area contributed by atoms with Crippen LogP contribution in [-0.2, 0) is 0 Å². The Morgan fingerprint density at radius 2 is 1.16 bits per heavy atom. The molecule has 0 aliphatic heterocycles. The van der Waals surface area contributed by atoms with Crippen molar-refractivity contribution in [1.29, 1.82) is 0 Å². The first-order valence-corrected chi connectivity index (χ1v) is 12.5. The molecule has 5 nitrogen and oxygen atoms in total. The molecule has 1 aromatic rings. The van der Waals surface area contributed by atoms with Crippen LogP contribution in [0.1, 0.15) is 118 Å². The number of benzene rings is 1. The molecule has 184 valence electrons. The summed E-state index contributed by atoms with van der Waals surface area (Å²) in [5.41, 5.74) is -0.188. The molecule has 0 saturated heterocycles. The van der Waals surface area contributed by atoms with Gasteiger partial charge in [-0.15, -0.1) is 0 Å². The maximum Gasteiger partial charge on any atom is 0.335 e. The van der Waals surface area contributed by atoms with Crippen molar-refractivity contribution < 1.29 is 24.3 Å². The predicted octanol–water partition coefficient (Wildman–Crippen LogP) is 5.92. The highest BCUT2D eigenvalue weighted by molar-refractivity contribution is 5.92. The van der Waals surface area contributed by atoms with Crippen LogP contribution in [0.4, 0.5) is 0 Å². The summed E-state index contributed by atoms with van der Waals surface area (Å²) in [5, 5.41) is 18.7. The predicted molar refractivity (Wildman–Crippen MR) is 131 cm³/mol. The lowest BCUT2D eigenvalue weighted by atomic mass is 10.0. The van der Waals surface area contributed by atoms with Gasteiger partial charge < -0.3 is 19.5 Å². The van der Waals surface area contributed by atoms with E-state index in [1.54, 1.807) is 0 Å². The molecule has 0 radical (unpaired) electrons. The van der Waals surface area contributed by atoms with E-state index in [9.17, 15) is 14.7 Å². The molecule has 0 fully saturated rings. The number of quaternary nitrogens is 1. The summed E-state index contributed by atoms with van der Waals surface area (Å²) < 4.78 is 1.12. The van der Waals surface area contributed by atoms with Crippen molar-refractivity contribution in [2.24, 2.45) is 0 Å². The van der Waals surface area contributed by atoms with Crippen LogP contribution in [0.3, 0.4) is 0 Å². The molecule has 1 rings (SSSR count). The van der Waals surface area contributed by atoms with E-state index in [0.717, 1.165) is 10.5 Å². The molecule has 0 heterocycles. The van der Waals surface area contributed by atoms with Gasteiger partial charge in [0.15, 0.2) is 0 Å². The van der Waals surface area contributed by atoms with Crippen molar-refractivity contribution in [1.82, 2.24) is 0 Å². The molecule has 0 unspecified atom stereocenters. The standard InChI is InChI=1S/C19H42N.C8H6O4/c1-5-6-7-8-9-10-11-12-13-14-15-16-17-18-19-20(2,3)4;9-7(10)5-2-1-3-6(4-5)8(11)12/h5-19H2,1-4H3;1-4H,(H,9,10)(H,11,12)/q+1;/p-1. The van der Waals surface area contributed by atoms with E-state index in [0.29, 0.717) is 0 Å². The minimum Gasteiger partial charge on any atom is -0.545 e. The Morgan fingerprint density at radius 3 is 1.53 bits per heavy atom. The fraction of sp³-hybridized carbons (Fsp3) is 0.704. The minimum absolute atomic E-state index is 0.0586. The Morgan fingerprint density at radius 1 is 0.750 bits per heavy atom. The van der Waals surface area contributed by atoms with Crippen LogP contribution in [0, 0.1) is 0 Å². The van der Waals surface area contributed by atoms with E-state index < -0.39 is 11.9 Å². The zero-order valence-electron chi connectivity index (χ0n) is 21.0. The molecule has 5 heteroatoms. The number of rotatable bonds is 17. The van der Waals surface area contributed by atoms with Gasteiger partial charge in [0.1, 0.15) is 0 Å². The molecule has 0 saturated carbocycles. The van der Waals surface area contributed by atoms with Crippen LogP contribution in [-0.4, -0.2) is 49.2 Å². The molecule has 0 aliphatic rings. The van der Waals surface area contributed by atoms with Crippen molar-refractivity contribution in [3.8, 4) is 0 Å². The average molecular weight is 450 g/mol. The van der Waals surface area contributed by atoms with Gasteiger partial charge in [0.05, 0.1) is 39.2 Å². The number of aromatic carboxylic acids is 2. The van der Waals surface area contributed by atoms with E-state index in [1.165, 1.54) is 115 Å². The monoisotopic (exact) mass is 449 g/mol. The van der Waals surface area contributed by atoms with Crippen molar-refractivity contribution in [3.05, 3.63) is 35.4 Å². The Kier molecular flexibility index (Phi) is 17.6. The molecule has 0 atom stereocenters.